The first-order chi connectivity index (χ1) is 6.38. The highest BCUT2D eigenvalue weighted by molar-refractivity contribution is 5.73. The summed E-state index contributed by atoms with van der Waals surface area (Å²) in [6.07, 6.45) is -1.10. The van der Waals surface area contributed by atoms with Crippen LogP contribution in [0.5, 0.6) is 0 Å². The van der Waals surface area contributed by atoms with Gasteiger partial charge >= 0.3 is 12.1 Å². The minimum atomic E-state index is -5.08. The van der Waals surface area contributed by atoms with Crippen LogP contribution in [-0.4, -0.2) is 41.6 Å². The van der Waals surface area contributed by atoms with Crippen molar-refractivity contribution in [1.29, 1.82) is 0 Å². The Morgan fingerprint density at radius 3 is 2.21 bits per heavy atom. The van der Waals surface area contributed by atoms with Crippen LogP contribution in [0, 0.1) is 0 Å². The first kappa shape index (κ1) is 12.9. The van der Waals surface area contributed by atoms with Gasteiger partial charge in [0.05, 0.1) is 6.61 Å². The van der Waals surface area contributed by atoms with Gasteiger partial charge < -0.3 is 15.5 Å². The molecule has 14 heavy (non-hydrogen) atoms. The number of carbonyl (C=O) groups is 1. The van der Waals surface area contributed by atoms with Crippen molar-refractivity contribution in [3.05, 3.63) is 12.2 Å². The first-order valence-corrected chi connectivity index (χ1v) is 3.69. The zero-order valence-electron chi connectivity index (χ0n) is 7.08. The molecule has 0 radical (unpaired) electrons. The average Bonchev–Trinajstić information content (AvgIpc) is 2.54. The third-order valence-corrected chi connectivity index (χ3v) is 1.31. The Bertz CT molecular complexity index is 215. The Hall–Kier alpha value is -1.08. The van der Waals surface area contributed by atoms with Gasteiger partial charge in [-0.25, -0.2) is 4.79 Å². The van der Waals surface area contributed by atoms with Gasteiger partial charge in [0.1, 0.15) is 0 Å². The Balaban J connectivity index is 0.000000241. The maximum Gasteiger partial charge on any atom is 0.490 e. The molecular weight excluding hydrogens is 203 g/mol. The fourth-order valence-electron chi connectivity index (χ4n) is 0.645. The Labute approximate surface area is 78.0 Å². The van der Waals surface area contributed by atoms with E-state index < -0.39 is 12.1 Å². The molecule has 0 aromatic heterocycles. The van der Waals surface area contributed by atoms with Crippen LogP contribution >= 0.6 is 0 Å². The van der Waals surface area contributed by atoms with Gasteiger partial charge in [0.2, 0.25) is 0 Å². The summed E-state index contributed by atoms with van der Waals surface area (Å²) >= 11 is 0. The van der Waals surface area contributed by atoms with Crippen LogP contribution < -0.4 is 5.32 Å². The number of nitrogens with one attached hydrogen (secondary N) is 1. The van der Waals surface area contributed by atoms with E-state index in [0.717, 1.165) is 6.54 Å². The van der Waals surface area contributed by atoms with Gasteiger partial charge in [0.25, 0.3) is 0 Å². The Kier molecular flexibility index (Phi) is 5.18. The van der Waals surface area contributed by atoms with Crippen LogP contribution in [0.15, 0.2) is 12.2 Å². The molecule has 0 aromatic carbocycles. The molecule has 1 aliphatic rings. The van der Waals surface area contributed by atoms with Gasteiger partial charge in [-0.2, -0.15) is 13.2 Å². The number of halogens is 3. The summed E-state index contributed by atoms with van der Waals surface area (Å²) < 4.78 is 31.7. The van der Waals surface area contributed by atoms with E-state index in [0.29, 0.717) is 0 Å². The highest BCUT2D eigenvalue weighted by Gasteiger charge is 2.38. The molecule has 0 fully saturated rings. The van der Waals surface area contributed by atoms with Gasteiger partial charge in [-0.15, -0.1) is 0 Å². The van der Waals surface area contributed by atoms with Crippen LogP contribution in [0.3, 0.4) is 0 Å². The number of aliphatic hydroxyl groups excluding tert-OH is 1. The predicted molar refractivity (Wildman–Crippen MR) is 41.7 cm³/mol. The first-order valence-electron chi connectivity index (χ1n) is 3.69. The summed E-state index contributed by atoms with van der Waals surface area (Å²) in [6.45, 7) is 1.13. The molecule has 3 N–H and O–H groups in total. The number of carboxylic acids is 1. The van der Waals surface area contributed by atoms with Crippen LogP contribution in [0.25, 0.3) is 0 Å². The zero-order valence-corrected chi connectivity index (χ0v) is 7.08. The van der Waals surface area contributed by atoms with Crippen molar-refractivity contribution in [3.63, 3.8) is 0 Å². The standard InChI is InChI=1S/C5H9NO.C2HF3O2/c7-4-5-2-1-3-6-5;3-2(4,5)1(6)7/h1-2,5-7H,3-4H2;(H,6,7). The van der Waals surface area contributed by atoms with E-state index >= 15 is 0 Å². The lowest BCUT2D eigenvalue weighted by atomic mass is 10.3. The molecule has 0 amide bonds. The van der Waals surface area contributed by atoms with Crippen LogP contribution in [0.4, 0.5) is 13.2 Å². The summed E-state index contributed by atoms with van der Waals surface area (Å²) in [5, 5.41) is 18.6. The maximum atomic E-state index is 10.6. The van der Waals surface area contributed by atoms with E-state index in [1.807, 2.05) is 12.2 Å². The van der Waals surface area contributed by atoms with Gasteiger partial charge in [-0.1, -0.05) is 12.2 Å². The second-order valence-corrected chi connectivity index (χ2v) is 2.43. The quantitative estimate of drug-likeness (QED) is 0.542. The predicted octanol–water partition coefficient (Wildman–Crippen LogP) is 0.140. The molecule has 0 spiro atoms. The van der Waals surface area contributed by atoms with Crippen molar-refractivity contribution in [2.75, 3.05) is 13.2 Å². The molecule has 7 heteroatoms. The Morgan fingerprint density at radius 2 is 2.07 bits per heavy atom. The molecule has 0 saturated heterocycles. The highest BCUT2D eigenvalue weighted by atomic mass is 19.4. The van der Waals surface area contributed by atoms with E-state index in [1.54, 1.807) is 0 Å². The summed E-state index contributed by atoms with van der Waals surface area (Å²) in [4.78, 5) is 8.90. The van der Waals surface area contributed by atoms with Gasteiger partial charge in [-0.05, 0) is 0 Å². The van der Waals surface area contributed by atoms with Crippen molar-refractivity contribution in [2.45, 2.75) is 12.2 Å². The molecule has 0 aliphatic carbocycles. The molecule has 82 valence electrons. The molecular formula is C7H10F3NO3. The topological polar surface area (TPSA) is 69.6 Å². The number of rotatable bonds is 1. The molecule has 0 bridgehead atoms. The SMILES string of the molecule is O=C(O)C(F)(F)F.OCC1C=CCN1. The summed E-state index contributed by atoms with van der Waals surface area (Å²) in [6, 6.07) is 0.222. The number of aliphatic carboxylic acids is 1. The maximum absolute atomic E-state index is 10.6. The number of hydrogen-bond acceptors (Lipinski definition) is 3. The van der Waals surface area contributed by atoms with E-state index in [2.05, 4.69) is 5.32 Å². The largest absolute Gasteiger partial charge is 0.490 e. The number of aliphatic hydroxyl groups is 1. The van der Waals surface area contributed by atoms with E-state index in [-0.39, 0.29) is 12.6 Å². The molecule has 1 heterocycles. The number of alkyl halides is 3. The molecule has 1 rings (SSSR count). The van der Waals surface area contributed by atoms with E-state index in [4.69, 9.17) is 15.0 Å². The average molecular weight is 213 g/mol. The summed E-state index contributed by atoms with van der Waals surface area (Å²) in [5.74, 6) is -2.76. The molecule has 1 aliphatic heterocycles. The lowest BCUT2D eigenvalue weighted by Crippen LogP contribution is -2.25. The minimum Gasteiger partial charge on any atom is -0.475 e. The monoisotopic (exact) mass is 213 g/mol. The molecule has 1 unspecified atom stereocenters. The van der Waals surface area contributed by atoms with Crippen LogP contribution in [0.1, 0.15) is 0 Å². The summed E-state index contributed by atoms with van der Waals surface area (Å²) in [7, 11) is 0. The normalized spacial score (nSPS) is 20.1. The van der Waals surface area contributed by atoms with Gasteiger partial charge in [-0.3, -0.25) is 0 Å². The van der Waals surface area contributed by atoms with Crippen LogP contribution in [-0.2, 0) is 4.79 Å². The molecule has 1 atom stereocenters. The molecule has 0 aromatic rings. The second-order valence-electron chi connectivity index (χ2n) is 2.43. The molecule has 0 saturated carbocycles. The second kappa shape index (κ2) is 5.61. The van der Waals surface area contributed by atoms with Crippen molar-refractivity contribution in [3.8, 4) is 0 Å². The fraction of sp³-hybridized carbons (Fsp3) is 0.571. The number of carboxylic acid groups (broad SMARTS) is 1. The lowest BCUT2D eigenvalue weighted by Gasteiger charge is -2.00. The highest BCUT2D eigenvalue weighted by Crippen LogP contribution is 2.13. The van der Waals surface area contributed by atoms with Crippen molar-refractivity contribution < 1.29 is 28.2 Å². The number of hydrogen-bond donors (Lipinski definition) is 3. The fourth-order valence-corrected chi connectivity index (χ4v) is 0.645. The van der Waals surface area contributed by atoms with Gasteiger partial charge in [0.15, 0.2) is 0 Å². The zero-order chi connectivity index (χ0) is 11.2. The van der Waals surface area contributed by atoms with E-state index in [1.165, 1.54) is 0 Å². The van der Waals surface area contributed by atoms with Crippen molar-refractivity contribution in [1.82, 2.24) is 5.32 Å². The summed E-state index contributed by atoms with van der Waals surface area (Å²) in [5.41, 5.74) is 0. The van der Waals surface area contributed by atoms with E-state index in [9.17, 15) is 13.2 Å². The van der Waals surface area contributed by atoms with Crippen molar-refractivity contribution in [2.24, 2.45) is 0 Å². The minimum absolute atomic E-state index is 0.219. The third kappa shape index (κ3) is 5.55. The third-order valence-electron chi connectivity index (χ3n) is 1.31. The van der Waals surface area contributed by atoms with Crippen molar-refractivity contribution >= 4 is 5.97 Å². The molecule has 4 nitrogen and oxygen atoms in total. The van der Waals surface area contributed by atoms with Gasteiger partial charge in [0, 0.05) is 12.6 Å². The smallest absolute Gasteiger partial charge is 0.475 e. The lowest BCUT2D eigenvalue weighted by molar-refractivity contribution is -0.192. The Morgan fingerprint density at radius 1 is 1.57 bits per heavy atom. The van der Waals surface area contributed by atoms with Crippen LogP contribution in [0.2, 0.25) is 0 Å².